The van der Waals surface area contributed by atoms with Crippen molar-refractivity contribution in [3.63, 3.8) is 0 Å². The summed E-state index contributed by atoms with van der Waals surface area (Å²) in [5.41, 5.74) is 2.81. The van der Waals surface area contributed by atoms with Gasteiger partial charge in [0.1, 0.15) is 12.4 Å². The van der Waals surface area contributed by atoms with Gasteiger partial charge < -0.3 is 14.6 Å². The largest absolute Gasteiger partial charge is 0.489 e. The summed E-state index contributed by atoms with van der Waals surface area (Å²) < 4.78 is 11.2. The van der Waals surface area contributed by atoms with Gasteiger partial charge in [-0.3, -0.25) is 4.79 Å². The Hall–Kier alpha value is -5.04. The van der Waals surface area contributed by atoms with Crippen LogP contribution in [0.5, 0.6) is 5.75 Å². The number of nitrogens with one attached hydrogen (secondary N) is 2. The summed E-state index contributed by atoms with van der Waals surface area (Å²) in [6.45, 7) is 0.408. The molecule has 3 aromatic carbocycles. The van der Waals surface area contributed by atoms with Gasteiger partial charge in [-0.2, -0.15) is 10.5 Å². The Bertz CT molecular complexity index is 1470. The Morgan fingerprint density at radius 1 is 1.12 bits per heavy atom. The zero-order valence-corrected chi connectivity index (χ0v) is 17.0. The van der Waals surface area contributed by atoms with E-state index >= 15 is 0 Å². The summed E-state index contributed by atoms with van der Waals surface area (Å²) in [6.07, 6.45) is 0. The van der Waals surface area contributed by atoms with Crippen LogP contribution in [0.1, 0.15) is 21.6 Å². The van der Waals surface area contributed by atoms with E-state index in [-0.39, 0.29) is 11.5 Å². The normalized spacial score (nSPS) is 10.6. The minimum Gasteiger partial charge on any atom is -0.489 e. The molecule has 10 heteroatoms. The number of H-pyrrole nitrogens is 1. The van der Waals surface area contributed by atoms with Crippen LogP contribution in [-0.4, -0.2) is 31.7 Å². The molecule has 160 valence electrons. The predicted octanol–water partition coefficient (Wildman–Crippen LogP) is 3.71. The molecule has 0 atom stereocenters. The lowest BCUT2D eigenvalue weighted by molar-refractivity contribution is 0.102. The maximum absolute atomic E-state index is 13.0. The molecule has 0 aliphatic carbocycles. The first kappa shape index (κ1) is 19.9. The fourth-order valence-electron chi connectivity index (χ4n) is 3.28. The third-order valence-electron chi connectivity index (χ3n) is 4.89. The van der Waals surface area contributed by atoms with Gasteiger partial charge in [0.2, 0.25) is 5.82 Å². The van der Waals surface area contributed by atoms with Crippen molar-refractivity contribution in [1.82, 2.24) is 25.8 Å². The zero-order chi connectivity index (χ0) is 22.6. The Labute approximate surface area is 186 Å². The third kappa shape index (κ3) is 4.11. The van der Waals surface area contributed by atoms with Crippen molar-refractivity contribution < 1.29 is 14.1 Å². The van der Waals surface area contributed by atoms with Crippen LogP contribution in [0.25, 0.3) is 22.4 Å². The van der Waals surface area contributed by atoms with Crippen LogP contribution in [0.3, 0.4) is 0 Å². The van der Waals surface area contributed by atoms with Crippen LogP contribution < -0.4 is 10.1 Å². The number of tetrazole rings is 1. The van der Waals surface area contributed by atoms with E-state index in [9.17, 15) is 10.1 Å². The van der Waals surface area contributed by atoms with Crippen molar-refractivity contribution in [2.24, 2.45) is 0 Å². The topological polar surface area (TPSA) is 143 Å². The molecule has 2 heterocycles. The highest BCUT2D eigenvalue weighted by Gasteiger charge is 2.19. The number of nitriles is 1. The molecule has 0 aliphatic heterocycles. The minimum absolute atomic E-state index is 0.114. The maximum atomic E-state index is 13.0. The molecule has 0 radical (unpaired) electrons. The van der Waals surface area contributed by atoms with E-state index in [4.69, 9.17) is 9.26 Å². The van der Waals surface area contributed by atoms with E-state index in [1.165, 1.54) is 0 Å². The molecule has 0 aliphatic rings. The number of anilines is 1. The van der Waals surface area contributed by atoms with Gasteiger partial charge >= 0.3 is 0 Å². The molecule has 2 aromatic heterocycles. The third-order valence-corrected chi connectivity index (χ3v) is 4.89. The van der Waals surface area contributed by atoms with Crippen LogP contribution in [0.15, 0.2) is 71.3 Å². The summed E-state index contributed by atoms with van der Waals surface area (Å²) in [6, 6.07) is 21.7. The first-order valence-electron chi connectivity index (χ1n) is 9.87. The van der Waals surface area contributed by atoms with Crippen molar-refractivity contribution in [2.45, 2.75) is 6.61 Å². The average molecular weight is 437 g/mol. The van der Waals surface area contributed by atoms with Crippen molar-refractivity contribution in [3.8, 4) is 23.2 Å². The van der Waals surface area contributed by atoms with Gasteiger partial charge in [-0.1, -0.05) is 35.5 Å². The van der Waals surface area contributed by atoms with Gasteiger partial charge in [0.05, 0.1) is 22.7 Å². The van der Waals surface area contributed by atoms with E-state index in [0.29, 0.717) is 40.1 Å². The molecule has 0 saturated heterocycles. The highest BCUT2D eigenvalue weighted by Crippen LogP contribution is 2.28. The first-order valence-corrected chi connectivity index (χ1v) is 9.87. The average Bonchev–Trinajstić information content (AvgIpc) is 3.54. The smallest absolute Gasteiger partial charge is 0.278 e. The van der Waals surface area contributed by atoms with Gasteiger partial charge in [0.15, 0.2) is 11.3 Å². The van der Waals surface area contributed by atoms with E-state index in [2.05, 4.69) is 31.1 Å². The van der Waals surface area contributed by atoms with Crippen molar-refractivity contribution in [2.75, 3.05) is 5.32 Å². The second-order valence-corrected chi connectivity index (χ2v) is 7.03. The molecule has 0 fully saturated rings. The van der Waals surface area contributed by atoms with Gasteiger partial charge in [0.25, 0.3) is 5.91 Å². The van der Waals surface area contributed by atoms with E-state index in [1.807, 2.05) is 36.4 Å². The summed E-state index contributed by atoms with van der Waals surface area (Å²) in [5.74, 6) is 0.356. The molecule has 5 rings (SSSR count). The number of ether oxygens (including phenoxy) is 1. The number of fused-ring (bicyclic) bond motifs is 1. The Kier molecular flexibility index (Phi) is 5.19. The summed E-state index contributed by atoms with van der Waals surface area (Å²) in [4.78, 5) is 13.0. The molecule has 0 spiro atoms. The second kappa shape index (κ2) is 8.60. The van der Waals surface area contributed by atoms with Gasteiger partial charge in [-0.05, 0) is 41.1 Å². The SMILES string of the molecule is N#Cc1ccc(NC(=O)c2noc3cc(OCc4ccccc4)ccc23)c(-c2nn[nH]n2)c1. The molecule has 1 amide bonds. The van der Waals surface area contributed by atoms with E-state index in [1.54, 1.807) is 36.4 Å². The first-order chi connectivity index (χ1) is 16.2. The summed E-state index contributed by atoms with van der Waals surface area (Å²) in [7, 11) is 0. The molecule has 5 aromatic rings. The monoisotopic (exact) mass is 437 g/mol. The number of aromatic amines is 1. The summed E-state index contributed by atoms with van der Waals surface area (Å²) >= 11 is 0. The minimum atomic E-state index is -0.485. The van der Waals surface area contributed by atoms with E-state index in [0.717, 1.165) is 5.56 Å². The lowest BCUT2D eigenvalue weighted by Crippen LogP contribution is -2.13. The standard InChI is InChI=1S/C23H15N7O3/c24-12-15-6-9-19(18(10-15)22-26-29-30-27-22)25-23(31)21-17-8-7-16(11-20(17)33-28-21)32-13-14-4-2-1-3-5-14/h1-11H,13H2,(H,25,31)(H,26,27,29,30). The Balaban J connectivity index is 1.38. The number of hydrogen-bond acceptors (Lipinski definition) is 8. The molecule has 0 bridgehead atoms. The number of benzene rings is 3. The molecule has 2 N–H and O–H groups in total. The molecule has 10 nitrogen and oxygen atoms in total. The van der Waals surface area contributed by atoms with Gasteiger partial charge in [-0.15, -0.1) is 10.2 Å². The van der Waals surface area contributed by atoms with Crippen molar-refractivity contribution in [3.05, 3.63) is 83.6 Å². The molecular formula is C23H15N7O3. The van der Waals surface area contributed by atoms with Crippen LogP contribution in [0.4, 0.5) is 5.69 Å². The molecule has 33 heavy (non-hydrogen) atoms. The van der Waals surface area contributed by atoms with Crippen LogP contribution in [-0.2, 0) is 6.61 Å². The summed E-state index contributed by atoms with van der Waals surface area (Å²) in [5, 5.41) is 30.2. The fourth-order valence-corrected chi connectivity index (χ4v) is 3.28. The van der Waals surface area contributed by atoms with Crippen LogP contribution >= 0.6 is 0 Å². The number of nitrogens with zero attached hydrogens (tertiary/aromatic N) is 5. The van der Waals surface area contributed by atoms with Gasteiger partial charge in [-0.25, -0.2) is 0 Å². The maximum Gasteiger partial charge on any atom is 0.278 e. The highest BCUT2D eigenvalue weighted by atomic mass is 16.5. The number of carbonyl (C=O) groups excluding carboxylic acids is 1. The number of amides is 1. The van der Waals surface area contributed by atoms with Gasteiger partial charge in [0, 0.05) is 11.6 Å². The Morgan fingerprint density at radius 3 is 2.79 bits per heavy atom. The fraction of sp³-hybridized carbons (Fsp3) is 0.0435. The quantitative estimate of drug-likeness (QED) is 0.409. The number of rotatable bonds is 6. The number of hydrogen-bond donors (Lipinski definition) is 2. The number of aromatic nitrogens is 5. The number of carbonyl (C=O) groups is 1. The lowest BCUT2D eigenvalue weighted by Gasteiger charge is -2.08. The second-order valence-electron chi connectivity index (χ2n) is 7.03. The lowest BCUT2D eigenvalue weighted by atomic mass is 10.1. The molecule has 0 unspecified atom stereocenters. The van der Waals surface area contributed by atoms with Crippen molar-refractivity contribution >= 4 is 22.6 Å². The van der Waals surface area contributed by atoms with Crippen LogP contribution in [0.2, 0.25) is 0 Å². The van der Waals surface area contributed by atoms with Crippen LogP contribution in [0, 0.1) is 11.3 Å². The predicted molar refractivity (Wildman–Crippen MR) is 117 cm³/mol. The van der Waals surface area contributed by atoms with Crippen molar-refractivity contribution in [1.29, 1.82) is 5.26 Å². The Morgan fingerprint density at radius 2 is 2.00 bits per heavy atom. The molecular weight excluding hydrogens is 422 g/mol. The molecule has 0 saturated carbocycles. The highest BCUT2D eigenvalue weighted by molar-refractivity contribution is 6.11. The van der Waals surface area contributed by atoms with E-state index < -0.39 is 5.91 Å². The zero-order valence-electron chi connectivity index (χ0n) is 17.0.